The van der Waals surface area contributed by atoms with Crippen LogP contribution in [0.25, 0.3) is 21.8 Å². The normalized spacial score (nSPS) is 10.4. The number of aromatic nitrogens is 2. The summed E-state index contributed by atoms with van der Waals surface area (Å²) in [4.78, 5) is 8.61. The van der Waals surface area contributed by atoms with Gasteiger partial charge in [0.05, 0.1) is 5.69 Å². The third-order valence-corrected chi connectivity index (χ3v) is 3.48. The Morgan fingerprint density at radius 3 is 2.72 bits per heavy atom. The Kier molecular flexibility index (Phi) is 2.78. The monoisotopic (exact) mass is 254 g/mol. The van der Waals surface area contributed by atoms with E-state index in [-0.39, 0.29) is 5.75 Å². The van der Waals surface area contributed by atoms with E-state index >= 15 is 0 Å². The molecule has 0 aliphatic rings. The number of phenols is 1. The SMILES string of the molecule is Oc1ccccc1-c1csc(-c2cccnc2)n1. The van der Waals surface area contributed by atoms with Gasteiger partial charge in [-0.15, -0.1) is 11.3 Å². The molecule has 0 saturated heterocycles. The van der Waals surface area contributed by atoms with E-state index in [0.29, 0.717) is 0 Å². The topological polar surface area (TPSA) is 46.0 Å². The molecule has 0 spiro atoms. The molecule has 0 bridgehead atoms. The Bertz CT molecular complexity index is 664. The van der Waals surface area contributed by atoms with E-state index in [1.165, 1.54) is 0 Å². The van der Waals surface area contributed by atoms with Crippen molar-refractivity contribution < 1.29 is 5.11 Å². The summed E-state index contributed by atoms with van der Waals surface area (Å²) in [5.74, 6) is 0.250. The fourth-order valence-electron chi connectivity index (χ4n) is 1.71. The third kappa shape index (κ3) is 1.98. The first-order valence-electron chi connectivity index (χ1n) is 5.49. The number of aromatic hydroxyl groups is 1. The Labute approximate surface area is 108 Å². The van der Waals surface area contributed by atoms with E-state index in [1.54, 1.807) is 35.9 Å². The van der Waals surface area contributed by atoms with Gasteiger partial charge in [-0.3, -0.25) is 4.98 Å². The maximum absolute atomic E-state index is 9.80. The van der Waals surface area contributed by atoms with Crippen molar-refractivity contribution in [3.05, 3.63) is 54.2 Å². The molecule has 2 heterocycles. The standard InChI is InChI=1S/C14H10N2OS/c17-13-6-2-1-5-11(13)12-9-18-14(16-12)10-4-3-7-15-8-10/h1-9,17H. The smallest absolute Gasteiger partial charge is 0.125 e. The highest BCUT2D eigenvalue weighted by Gasteiger charge is 2.09. The van der Waals surface area contributed by atoms with Gasteiger partial charge >= 0.3 is 0 Å². The molecule has 0 aliphatic heterocycles. The van der Waals surface area contributed by atoms with E-state index in [1.807, 2.05) is 29.6 Å². The summed E-state index contributed by atoms with van der Waals surface area (Å²) in [6.45, 7) is 0. The van der Waals surface area contributed by atoms with Crippen LogP contribution in [-0.4, -0.2) is 15.1 Å². The number of phenolic OH excluding ortho intramolecular Hbond substituents is 1. The van der Waals surface area contributed by atoms with Gasteiger partial charge in [-0.2, -0.15) is 0 Å². The molecule has 0 atom stereocenters. The van der Waals surface area contributed by atoms with E-state index in [2.05, 4.69) is 9.97 Å². The Morgan fingerprint density at radius 2 is 1.94 bits per heavy atom. The molecule has 1 aromatic carbocycles. The minimum Gasteiger partial charge on any atom is -0.507 e. The van der Waals surface area contributed by atoms with Crippen molar-refractivity contribution in [2.75, 3.05) is 0 Å². The first kappa shape index (κ1) is 10.9. The minimum absolute atomic E-state index is 0.250. The Hall–Kier alpha value is -2.20. The number of benzene rings is 1. The van der Waals surface area contributed by atoms with Crippen LogP contribution in [0, 0.1) is 0 Å². The molecule has 3 aromatic rings. The van der Waals surface area contributed by atoms with E-state index in [9.17, 15) is 5.11 Å². The predicted octanol–water partition coefficient (Wildman–Crippen LogP) is 3.58. The van der Waals surface area contributed by atoms with Gasteiger partial charge in [0, 0.05) is 28.9 Å². The van der Waals surface area contributed by atoms with Crippen LogP contribution in [0.15, 0.2) is 54.2 Å². The summed E-state index contributed by atoms with van der Waals surface area (Å²) in [7, 11) is 0. The van der Waals surface area contributed by atoms with E-state index in [4.69, 9.17) is 0 Å². The van der Waals surface area contributed by atoms with Crippen LogP contribution in [0.1, 0.15) is 0 Å². The zero-order valence-corrected chi connectivity index (χ0v) is 10.3. The Balaban J connectivity index is 2.03. The highest BCUT2D eigenvalue weighted by atomic mass is 32.1. The summed E-state index contributed by atoms with van der Waals surface area (Å²) in [6.07, 6.45) is 3.52. The lowest BCUT2D eigenvalue weighted by Crippen LogP contribution is -1.81. The van der Waals surface area contributed by atoms with Gasteiger partial charge in [0.25, 0.3) is 0 Å². The average molecular weight is 254 g/mol. The van der Waals surface area contributed by atoms with Crippen molar-refractivity contribution in [3.63, 3.8) is 0 Å². The van der Waals surface area contributed by atoms with Crippen molar-refractivity contribution in [2.45, 2.75) is 0 Å². The van der Waals surface area contributed by atoms with Crippen LogP contribution in [0.3, 0.4) is 0 Å². The molecule has 0 aliphatic carbocycles. The van der Waals surface area contributed by atoms with Gasteiger partial charge < -0.3 is 5.11 Å². The molecule has 18 heavy (non-hydrogen) atoms. The van der Waals surface area contributed by atoms with Crippen LogP contribution in [0.5, 0.6) is 5.75 Å². The summed E-state index contributed by atoms with van der Waals surface area (Å²) in [6, 6.07) is 11.1. The fourth-order valence-corrected chi connectivity index (χ4v) is 2.52. The first-order chi connectivity index (χ1) is 8.84. The second-order valence-corrected chi connectivity index (χ2v) is 4.65. The van der Waals surface area contributed by atoms with Crippen molar-refractivity contribution in [1.82, 2.24) is 9.97 Å². The van der Waals surface area contributed by atoms with Crippen molar-refractivity contribution >= 4 is 11.3 Å². The van der Waals surface area contributed by atoms with Crippen LogP contribution < -0.4 is 0 Å². The highest BCUT2D eigenvalue weighted by molar-refractivity contribution is 7.13. The number of para-hydroxylation sites is 1. The number of hydrogen-bond donors (Lipinski definition) is 1. The second kappa shape index (κ2) is 4.58. The summed E-state index contributed by atoms with van der Waals surface area (Å²) >= 11 is 1.54. The van der Waals surface area contributed by atoms with Gasteiger partial charge in [0.1, 0.15) is 10.8 Å². The molecule has 3 nitrogen and oxygen atoms in total. The maximum atomic E-state index is 9.80. The zero-order chi connectivity index (χ0) is 12.4. The van der Waals surface area contributed by atoms with Gasteiger partial charge in [0.15, 0.2) is 0 Å². The third-order valence-electron chi connectivity index (χ3n) is 2.59. The minimum atomic E-state index is 0.250. The molecule has 4 heteroatoms. The predicted molar refractivity (Wildman–Crippen MR) is 72.4 cm³/mol. The molecule has 0 amide bonds. The Morgan fingerprint density at radius 1 is 1.06 bits per heavy atom. The lowest BCUT2D eigenvalue weighted by molar-refractivity contribution is 0.477. The van der Waals surface area contributed by atoms with Crippen LogP contribution in [0.2, 0.25) is 0 Å². The summed E-state index contributed by atoms with van der Waals surface area (Å²) in [5, 5.41) is 12.6. The van der Waals surface area contributed by atoms with E-state index in [0.717, 1.165) is 21.8 Å². The van der Waals surface area contributed by atoms with Crippen molar-refractivity contribution in [1.29, 1.82) is 0 Å². The molecule has 0 unspecified atom stereocenters. The lowest BCUT2D eigenvalue weighted by atomic mass is 10.1. The number of hydrogen-bond acceptors (Lipinski definition) is 4. The molecule has 1 N–H and O–H groups in total. The number of pyridine rings is 1. The highest BCUT2D eigenvalue weighted by Crippen LogP contribution is 2.32. The van der Waals surface area contributed by atoms with E-state index < -0.39 is 0 Å². The maximum Gasteiger partial charge on any atom is 0.125 e. The molecule has 3 rings (SSSR count). The molecular formula is C14H10N2OS. The van der Waals surface area contributed by atoms with Crippen LogP contribution >= 0.6 is 11.3 Å². The quantitative estimate of drug-likeness (QED) is 0.760. The molecule has 88 valence electrons. The van der Waals surface area contributed by atoms with Crippen LogP contribution in [0.4, 0.5) is 0 Å². The number of nitrogens with zero attached hydrogens (tertiary/aromatic N) is 2. The van der Waals surface area contributed by atoms with Crippen molar-refractivity contribution in [2.24, 2.45) is 0 Å². The lowest BCUT2D eigenvalue weighted by Gasteiger charge is -1.99. The molecule has 2 aromatic heterocycles. The van der Waals surface area contributed by atoms with Gasteiger partial charge in [-0.1, -0.05) is 12.1 Å². The number of rotatable bonds is 2. The second-order valence-electron chi connectivity index (χ2n) is 3.80. The molecule has 0 fully saturated rings. The average Bonchev–Trinajstić information content (AvgIpc) is 2.90. The first-order valence-corrected chi connectivity index (χ1v) is 6.37. The summed E-state index contributed by atoms with van der Waals surface area (Å²) < 4.78 is 0. The molecule has 0 radical (unpaired) electrons. The fraction of sp³-hybridized carbons (Fsp3) is 0. The zero-order valence-electron chi connectivity index (χ0n) is 9.45. The van der Waals surface area contributed by atoms with Gasteiger partial charge in [-0.05, 0) is 24.3 Å². The van der Waals surface area contributed by atoms with Gasteiger partial charge in [0.2, 0.25) is 0 Å². The van der Waals surface area contributed by atoms with Crippen LogP contribution in [-0.2, 0) is 0 Å². The largest absolute Gasteiger partial charge is 0.507 e. The molecular weight excluding hydrogens is 244 g/mol. The summed E-state index contributed by atoms with van der Waals surface area (Å²) in [5.41, 5.74) is 2.53. The van der Waals surface area contributed by atoms with Gasteiger partial charge in [-0.25, -0.2) is 4.98 Å². The molecule has 0 saturated carbocycles. The van der Waals surface area contributed by atoms with Crippen molar-refractivity contribution in [3.8, 4) is 27.6 Å². The number of thiazole rings is 1.